The van der Waals surface area contributed by atoms with Gasteiger partial charge in [0.2, 0.25) is 0 Å². The average molecular weight is 368 g/mol. The first-order valence-corrected chi connectivity index (χ1v) is 7.27. The topological polar surface area (TPSA) is 46.5 Å². The zero-order valence-electron chi connectivity index (χ0n) is 11.1. The van der Waals surface area contributed by atoms with Crippen molar-refractivity contribution in [2.45, 2.75) is 6.92 Å². The predicted molar refractivity (Wildman–Crippen MR) is 87.1 cm³/mol. The van der Waals surface area contributed by atoms with Gasteiger partial charge < -0.3 is 9.84 Å². The van der Waals surface area contributed by atoms with Crippen molar-refractivity contribution in [3.63, 3.8) is 0 Å². The molecule has 0 aliphatic carbocycles. The summed E-state index contributed by atoms with van der Waals surface area (Å²) in [6, 6.07) is 10.9. The number of ether oxygens (including phenoxy) is 1. The van der Waals surface area contributed by atoms with Crippen molar-refractivity contribution in [3.05, 3.63) is 63.1 Å². The number of carboxylic acids is 1. The lowest BCUT2D eigenvalue weighted by Gasteiger charge is -2.11. The number of carbonyl (C=O) groups is 1. The monoisotopic (exact) mass is 366 g/mol. The van der Waals surface area contributed by atoms with Gasteiger partial charge in [-0.2, -0.15) is 0 Å². The average Bonchev–Trinajstić information content (AvgIpc) is 2.43. The maximum Gasteiger partial charge on any atom is 0.328 e. The molecule has 108 valence electrons. The third kappa shape index (κ3) is 4.34. The van der Waals surface area contributed by atoms with E-state index in [2.05, 4.69) is 15.9 Å². The Morgan fingerprint density at radius 3 is 2.67 bits per heavy atom. The van der Waals surface area contributed by atoms with Crippen LogP contribution in [0.4, 0.5) is 0 Å². The van der Waals surface area contributed by atoms with Crippen molar-refractivity contribution in [3.8, 4) is 11.5 Å². The van der Waals surface area contributed by atoms with Crippen LogP contribution in [0.25, 0.3) is 6.08 Å². The lowest BCUT2D eigenvalue weighted by molar-refractivity contribution is -0.131. The number of carboxylic acid groups (broad SMARTS) is 1. The van der Waals surface area contributed by atoms with Crippen molar-refractivity contribution < 1.29 is 14.6 Å². The van der Waals surface area contributed by atoms with Crippen LogP contribution in [-0.2, 0) is 4.79 Å². The van der Waals surface area contributed by atoms with Gasteiger partial charge in [0.25, 0.3) is 0 Å². The fourth-order valence-corrected chi connectivity index (χ4v) is 2.24. The Bertz CT molecular complexity index is 711. The summed E-state index contributed by atoms with van der Waals surface area (Å²) in [5.74, 6) is 0.224. The minimum atomic E-state index is -1.00. The molecule has 0 unspecified atom stereocenters. The lowest BCUT2D eigenvalue weighted by Crippen LogP contribution is -1.89. The van der Waals surface area contributed by atoms with Gasteiger partial charge in [0.15, 0.2) is 0 Å². The Hall–Kier alpha value is -1.78. The highest BCUT2D eigenvalue weighted by Crippen LogP contribution is 2.33. The number of hydrogen-bond donors (Lipinski definition) is 1. The second-order valence-corrected chi connectivity index (χ2v) is 5.70. The van der Waals surface area contributed by atoms with Crippen LogP contribution in [0, 0.1) is 6.92 Å². The van der Waals surface area contributed by atoms with Crippen LogP contribution < -0.4 is 4.74 Å². The molecule has 0 radical (unpaired) electrons. The molecule has 0 saturated carbocycles. The summed E-state index contributed by atoms with van der Waals surface area (Å²) < 4.78 is 6.72. The molecule has 2 rings (SSSR count). The van der Waals surface area contributed by atoms with Gasteiger partial charge in [-0.25, -0.2) is 4.79 Å². The van der Waals surface area contributed by atoms with Gasteiger partial charge >= 0.3 is 5.97 Å². The standard InChI is InChI=1S/C16H12BrClO3/c1-10-2-5-12(17)9-15(10)21-14-6-3-11(8-13(14)18)4-7-16(19)20/h2-9H,1H3,(H,19,20)/b7-4+. The third-order valence-corrected chi connectivity index (χ3v) is 3.53. The molecule has 0 fully saturated rings. The molecule has 3 nitrogen and oxygen atoms in total. The first kappa shape index (κ1) is 15.6. The molecule has 0 aromatic heterocycles. The largest absolute Gasteiger partial charge is 0.478 e. The second-order valence-electron chi connectivity index (χ2n) is 4.37. The van der Waals surface area contributed by atoms with E-state index in [0.717, 1.165) is 16.1 Å². The van der Waals surface area contributed by atoms with Crippen molar-refractivity contribution in [2.75, 3.05) is 0 Å². The minimum absolute atomic E-state index is 0.418. The molecule has 0 aliphatic rings. The number of aryl methyl sites for hydroxylation is 1. The van der Waals surface area contributed by atoms with Gasteiger partial charge in [-0.15, -0.1) is 0 Å². The number of hydrogen-bond acceptors (Lipinski definition) is 2. The van der Waals surface area contributed by atoms with Gasteiger partial charge in [-0.1, -0.05) is 39.7 Å². The van der Waals surface area contributed by atoms with Crippen LogP contribution in [0.5, 0.6) is 11.5 Å². The van der Waals surface area contributed by atoms with Crippen LogP contribution >= 0.6 is 27.5 Å². The fraction of sp³-hybridized carbons (Fsp3) is 0.0625. The smallest absolute Gasteiger partial charge is 0.328 e. The molecule has 0 atom stereocenters. The van der Waals surface area contributed by atoms with E-state index in [-0.39, 0.29) is 0 Å². The summed E-state index contributed by atoms with van der Waals surface area (Å²) in [5.41, 5.74) is 1.69. The van der Waals surface area contributed by atoms with E-state index in [0.29, 0.717) is 22.1 Å². The molecule has 0 spiro atoms. The summed E-state index contributed by atoms with van der Waals surface area (Å²) in [4.78, 5) is 10.5. The molecular formula is C16H12BrClO3. The number of rotatable bonds is 4. The fourth-order valence-electron chi connectivity index (χ4n) is 1.67. The Morgan fingerprint density at radius 2 is 2.00 bits per heavy atom. The highest BCUT2D eigenvalue weighted by molar-refractivity contribution is 9.10. The molecule has 5 heteroatoms. The van der Waals surface area contributed by atoms with E-state index in [9.17, 15) is 4.79 Å². The number of aliphatic carboxylic acids is 1. The van der Waals surface area contributed by atoms with E-state index < -0.39 is 5.97 Å². The Balaban J connectivity index is 2.25. The molecule has 0 bridgehead atoms. The lowest BCUT2D eigenvalue weighted by atomic mass is 10.2. The van der Waals surface area contributed by atoms with Gasteiger partial charge in [-0.3, -0.25) is 0 Å². The summed E-state index contributed by atoms with van der Waals surface area (Å²) in [5, 5.41) is 9.02. The molecule has 0 heterocycles. The first-order chi connectivity index (χ1) is 9.95. The summed E-state index contributed by atoms with van der Waals surface area (Å²) in [6.45, 7) is 1.94. The summed E-state index contributed by atoms with van der Waals surface area (Å²) in [7, 11) is 0. The second kappa shape index (κ2) is 6.78. The Kier molecular flexibility index (Phi) is 5.04. The SMILES string of the molecule is Cc1ccc(Br)cc1Oc1ccc(/C=C/C(=O)O)cc1Cl. The molecular weight excluding hydrogens is 356 g/mol. The van der Waals surface area contributed by atoms with Crippen molar-refractivity contribution in [1.29, 1.82) is 0 Å². The maximum absolute atomic E-state index is 10.5. The van der Waals surface area contributed by atoms with E-state index >= 15 is 0 Å². The highest BCUT2D eigenvalue weighted by atomic mass is 79.9. The van der Waals surface area contributed by atoms with Crippen molar-refractivity contribution in [2.24, 2.45) is 0 Å². The van der Waals surface area contributed by atoms with Gasteiger partial charge in [0, 0.05) is 10.5 Å². The van der Waals surface area contributed by atoms with E-state index in [1.54, 1.807) is 18.2 Å². The zero-order chi connectivity index (χ0) is 15.4. The van der Waals surface area contributed by atoms with Crippen LogP contribution in [0.1, 0.15) is 11.1 Å². The van der Waals surface area contributed by atoms with Gasteiger partial charge in [0.1, 0.15) is 11.5 Å². The summed E-state index contributed by atoms with van der Waals surface area (Å²) >= 11 is 9.56. The van der Waals surface area contributed by atoms with Crippen LogP contribution in [-0.4, -0.2) is 11.1 Å². The van der Waals surface area contributed by atoms with E-state index in [1.807, 2.05) is 25.1 Å². The number of halogens is 2. The van der Waals surface area contributed by atoms with Crippen LogP contribution in [0.15, 0.2) is 46.9 Å². The summed E-state index contributed by atoms with van der Waals surface area (Å²) in [6.07, 6.45) is 2.53. The minimum Gasteiger partial charge on any atom is -0.478 e. The molecule has 0 aliphatic heterocycles. The highest BCUT2D eigenvalue weighted by Gasteiger charge is 2.07. The van der Waals surface area contributed by atoms with E-state index in [4.69, 9.17) is 21.4 Å². The van der Waals surface area contributed by atoms with Gasteiger partial charge in [0.05, 0.1) is 5.02 Å². The van der Waals surface area contributed by atoms with Gasteiger partial charge in [-0.05, 0) is 48.4 Å². The maximum atomic E-state index is 10.5. The van der Waals surface area contributed by atoms with Crippen molar-refractivity contribution in [1.82, 2.24) is 0 Å². The van der Waals surface area contributed by atoms with Crippen LogP contribution in [0.3, 0.4) is 0 Å². The molecule has 0 amide bonds. The quantitative estimate of drug-likeness (QED) is 0.746. The Morgan fingerprint density at radius 1 is 1.24 bits per heavy atom. The molecule has 21 heavy (non-hydrogen) atoms. The third-order valence-electron chi connectivity index (χ3n) is 2.74. The zero-order valence-corrected chi connectivity index (χ0v) is 13.5. The molecule has 2 aromatic carbocycles. The normalized spacial score (nSPS) is 10.8. The molecule has 1 N–H and O–H groups in total. The first-order valence-electron chi connectivity index (χ1n) is 6.10. The van der Waals surface area contributed by atoms with Crippen molar-refractivity contribution >= 4 is 39.6 Å². The Labute approximate surface area is 135 Å². The predicted octanol–water partition coefficient (Wildman–Crippen LogP) is 5.30. The number of benzene rings is 2. The molecule has 0 saturated heterocycles. The van der Waals surface area contributed by atoms with Crippen LogP contribution in [0.2, 0.25) is 5.02 Å². The van der Waals surface area contributed by atoms with E-state index in [1.165, 1.54) is 6.08 Å². The molecule has 2 aromatic rings.